The molecule has 0 saturated heterocycles. The van der Waals surface area contributed by atoms with Gasteiger partial charge in [-0.3, -0.25) is 4.79 Å². The molecule has 2 aromatic carbocycles. The number of rotatable bonds is 4. The summed E-state index contributed by atoms with van der Waals surface area (Å²) in [5.41, 5.74) is 8.76. The number of hydrogen-bond acceptors (Lipinski definition) is 4. The summed E-state index contributed by atoms with van der Waals surface area (Å²) in [6.07, 6.45) is 1.61. The van der Waals surface area contributed by atoms with Gasteiger partial charge in [-0.15, -0.1) is 0 Å². The molecule has 0 spiro atoms. The van der Waals surface area contributed by atoms with Crippen LogP contribution in [0.25, 0.3) is 22.3 Å². The second-order valence-corrected chi connectivity index (χ2v) is 5.65. The summed E-state index contributed by atoms with van der Waals surface area (Å²) in [5.74, 6) is -0.669. The third kappa shape index (κ3) is 2.85. The number of carbonyl (C=O) groups is 1. The molecule has 122 valence electrons. The lowest BCUT2D eigenvalue weighted by molar-refractivity contribution is 0.0990. The van der Waals surface area contributed by atoms with Crippen LogP contribution in [0.15, 0.2) is 66.9 Å². The van der Waals surface area contributed by atoms with Crippen LogP contribution in [0.5, 0.6) is 0 Å². The lowest BCUT2D eigenvalue weighted by Gasteiger charge is -2.03. The molecule has 4 aromatic rings. The normalized spacial score (nSPS) is 10.9. The molecule has 0 aliphatic rings. The zero-order valence-electron chi connectivity index (χ0n) is 13.3. The maximum absolute atomic E-state index is 11.5. The van der Waals surface area contributed by atoms with Gasteiger partial charge in [-0.1, -0.05) is 60.7 Å². The number of fused-ring (bicyclic) bond motifs is 1. The molecule has 0 aliphatic carbocycles. The summed E-state index contributed by atoms with van der Waals surface area (Å²) in [6, 6.07) is 19.8. The molecule has 0 radical (unpaired) electrons. The Balaban J connectivity index is 1.91. The molecule has 0 aliphatic heterocycles. The second-order valence-electron chi connectivity index (χ2n) is 5.65. The Morgan fingerprint density at radius 2 is 1.68 bits per heavy atom. The van der Waals surface area contributed by atoms with E-state index in [2.05, 4.69) is 9.97 Å². The van der Waals surface area contributed by atoms with Crippen LogP contribution in [0.4, 0.5) is 0 Å². The van der Waals surface area contributed by atoms with E-state index in [9.17, 15) is 4.79 Å². The topological polar surface area (TPSA) is 86.7 Å². The van der Waals surface area contributed by atoms with Crippen molar-refractivity contribution in [2.45, 2.75) is 6.54 Å². The Labute approximate surface area is 144 Å². The Kier molecular flexibility index (Phi) is 3.70. The van der Waals surface area contributed by atoms with Crippen LogP contribution in [0.2, 0.25) is 0 Å². The molecule has 6 nitrogen and oxygen atoms in total. The van der Waals surface area contributed by atoms with Gasteiger partial charge in [0.2, 0.25) is 5.82 Å². The van der Waals surface area contributed by atoms with Gasteiger partial charge in [0.25, 0.3) is 5.91 Å². The number of carbonyl (C=O) groups excluding carboxylic acids is 1. The summed E-state index contributed by atoms with van der Waals surface area (Å²) >= 11 is 0. The molecule has 0 atom stereocenters. The van der Waals surface area contributed by atoms with Gasteiger partial charge in [0.15, 0.2) is 5.65 Å². The quantitative estimate of drug-likeness (QED) is 0.623. The number of aromatic nitrogens is 4. The average Bonchev–Trinajstić information content (AvgIpc) is 3.01. The zero-order chi connectivity index (χ0) is 17.2. The van der Waals surface area contributed by atoms with Crippen molar-refractivity contribution in [3.8, 4) is 11.3 Å². The highest BCUT2D eigenvalue weighted by Gasteiger charge is 2.16. The van der Waals surface area contributed by atoms with Crippen molar-refractivity contribution < 1.29 is 4.79 Å². The fraction of sp³-hybridized carbons (Fsp3) is 0.0526. The molecule has 0 unspecified atom stereocenters. The molecule has 6 heteroatoms. The van der Waals surface area contributed by atoms with Crippen molar-refractivity contribution in [2.24, 2.45) is 5.73 Å². The monoisotopic (exact) mass is 329 g/mol. The molecule has 0 bridgehead atoms. The van der Waals surface area contributed by atoms with E-state index in [4.69, 9.17) is 10.8 Å². The number of hydrogen-bond donors (Lipinski definition) is 1. The van der Waals surface area contributed by atoms with Crippen molar-refractivity contribution in [1.82, 2.24) is 19.7 Å². The molecule has 2 N–H and O–H groups in total. The first kappa shape index (κ1) is 15.0. The van der Waals surface area contributed by atoms with E-state index < -0.39 is 5.91 Å². The van der Waals surface area contributed by atoms with Crippen LogP contribution < -0.4 is 5.73 Å². The summed E-state index contributed by atoms with van der Waals surface area (Å²) in [6.45, 7) is 0.541. The highest BCUT2D eigenvalue weighted by Crippen LogP contribution is 2.26. The van der Waals surface area contributed by atoms with Gasteiger partial charge >= 0.3 is 0 Å². The van der Waals surface area contributed by atoms with E-state index in [-0.39, 0.29) is 5.82 Å². The van der Waals surface area contributed by atoms with E-state index >= 15 is 0 Å². The molecule has 4 rings (SSSR count). The maximum Gasteiger partial charge on any atom is 0.286 e. The van der Waals surface area contributed by atoms with Gasteiger partial charge in [-0.25, -0.2) is 14.6 Å². The maximum atomic E-state index is 11.5. The second kappa shape index (κ2) is 6.16. The minimum absolute atomic E-state index is 0.0127. The van der Waals surface area contributed by atoms with E-state index in [0.717, 1.165) is 22.2 Å². The van der Waals surface area contributed by atoms with Gasteiger partial charge in [0.05, 0.1) is 11.9 Å². The van der Waals surface area contributed by atoms with E-state index in [1.54, 1.807) is 10.9 Å². The van der Waals surface area contributed by atoms with Crippen LogP contribution in [0.1, 0.15) is 16.2 Å². The van der Waals surface area contributed by atoms with Crippen molar-refractivity contribution in [2.75, 3.05) is 0 Å². The fourth-order valence-corrected chi connectivity index (χ4v) is 2.75. The van der Waals surface area contributed by atoms with E-state index in [1.165, 1.54) is 0 Å². The standard InChI is InChI=1S/C19H15N5O/c20-17(25)18-21-11-15-16(14-9-5-2-6-10-14)23-24(19(15)22-18)12-13-7-3-1-4-8-13/h1-11H,12H2,(H2,20,25). The Hall–Kier alpha value is -3.54. The Bertz CT molecular complexity index is 1040. The zero-order valence-corrected chi connectivity index (χ0v) is 13.3. The number of primary amides is 1. The Morgan fingerprint density at radius 3 is 2.36 bits per heavy atom. The SMILES string of the molecule is NC(=O)c1ncc2c(-c3ccccc3)nn(Cc3ccccc3)c2n1. The number of benzene rings is 2. The third-order valence-corrected chi connectivity index (χ3v) is 3.93. The first-order valence-electron chi connectivity index (χ1n) is 7.85. The smallest absolute Gasteiger partial charge is 0.286 e. The fourth-order valence-electron chi connectivity index (χ4n) is 2.75. The summed E-state index contributed by atoms with van der Waals surface area (Å²) in [5, 5.41) is 5.50. The van der Waals surface area contributed by atoms with Gasteiger partial charge in [-0.2, -0.15) is 5.10 Å². The van der Waals surface area contributed by atoms with Crippen LogP contribution in [0.3, 0.4) is 0 Å². The van der Waals surface area contributed by atoms with Crippen molar-refractivity contribution in [3.63, 3.8) is 0 Å². The van der Waals surface area contributed by atoms with Gasteiger partial charge in [-0.05, 0) is 5.56 Å². The van der Waals surface area contributed by atoms with Crippen molar-refractivity contribution >= 4 is 16.9 Å². The predicted octanol–water partition coefficient (Wildman–Crippen LogP) is 2.64. The number of amides is 1. The van der Waals surface area contributed by atoms with Crippen LogP contribution in [0, 0.1) is 0 Å². The lowest BCUT2D eigenvalue weighted by atomic mass is 10.1. The molecular weight excluding hydrogens is 314 g/mol. The van der Waals surface area contributed by atoms with E-state index in [0.29, 0.717) is 12.2 Å². The predicted molar refractivity (Wildman–Crippen MR) is 94.8 cm³/mol. The molecular formula is C19H15N5O. The number of nitrogens with zero attached hydrogens (tertiary/aromatic N) is 4. The van der Waals surface area contributed by atoms with Crippen LogP contribution in [-0.2, 0) is 6.54 Å². The first-order valence-corrected chi connectivity index (χ1v) is 7.85. The van der Waals surface area contributed by atoms with E-state index in [1.807, 2.05) is 60.7 Å². The highest BCUT2D eigenvalue weighted by molar-refractivity contribution is 5.94. The van der Waals surface area contributed by atoms with Crippen LogP contribution in [-0.4, -0.2) is 25.7 Å². The van der Waals surface area contributed by atoms with Gasteiger partial charge < -0.3 is 5.73 Å². The number of nitrogens with two attached hydrogens (primary N) is 1. The van der Waals surface area contributed by atoms with Crippen molar-refractivity contribution in [1.29, 1.82) is 0 Å². The lowest BCUT2D eigenvalue weighted by Crippen LogP contribution is -2.15. The van der Waals surface area contributed by atoms with Crippen LogP contribution >= 0.6 is 0 Å². The summed E-state index contributed by atoms with van der Waals surface area (Å²) in [4.78, 5) is 19.9. The van der Waals surface area contributed by atoms with Crippen molar-refractivity contribution in [3.05, 3.63) is 78.2 Å². The summed E-state index contributed by atoms with van der Waals surface area (Å²) in [7, 11) is 0. The molecule has 0 fully saturated rings. The largest absolute Gasteiger partial charge is 0.363 e. The molecule has 1 amide bonds. The molecule has 2 heterocycles. The Morgan fingerprint density at radius 1 is 1.00 bits per heavy atom. The van der Waals surface area contributed by atoms with Gasteiger partial charge in [0.1, 0.15) is 5.69 Å². The van der Waals surface area contributed by atoms with Gasteiger partial charge in [0, 0.05) is 11.8 Å². The molecule has 2 aromatic heterocycles. The third-order valence-electron chi connectivity index (χ3n) is 3.93. The highest BCUT2D eigenvalue weighted by atomic mass is 16.1. The minimum atomic E-state index is -0.657. The minimum Gasteiger partial charge on any atom is -0.363 e. The molecule has 0 saturated carbocycles. The average molecular weight is 329 g/mol. The summed E-state index contributed by atoms with van der Waals surface area (Å²) < 4.78 is 1.78. The molecule has 25 heavy (non-hydrogen) atoms. The first-order chi connectivity index (χ1) is 12.2.